The maximum absolute atomic E-state index is 14.3. The predicted octanol–water partition coefficient (Wildman–Crippen LogP) is 5.02. The smallest absolute Gasteiger partial charge is 0.168 e. The van der Waals surface area contributed by atoms with Crippen LogP contribution in [0.5, 0.6) is 5.75 Å². The molecule has 114 valence electrons. The van der Waals surface area contributed by atoms with E-state index in [1.54, 1.807) is 12.1 Å². The molecule has 2 aromatic carbocycles. The van der Waals surface area contributed by atoms with E-state index in [0.717, 1.165) is 23.1 Å². The lowest BCUT2D eigenvalue weighted by atomic mass is 9.87. The van der Waals surface area contributed by atoms with Crippen molar-refractivity contribution in [2.75, 3.05) is 7.11 Å². The Labute approximate surface area is 129 Å². The molecular formula is C19H18F2O. The summed E-state index contributed by atoms with van der Waals surface area (Å²) in [6, 6.07) is 8.80. The minimum Gasteiger partial charge on any atom is -0.494 e. The van der Waals surface area contributed by atoms with Crippen LogP contribution in [0.2, 0.25) is 0 Å². The van der Waals surface area contributed by atoms with Crippen molar-refractivity contribution in [2.45, 2.75) is 26.2 Å². The summed E-state index contributed by atoms with van der Waals surface area (Å²) in [7, 11) is 1.46. The van der Waals surface area contributed by atoms with E-state index < -0.39 is 0 Å². The van der Waals surface area contributed by atoms with Crippen molar-refractivity contribution < 1.29 is 13.5 Å². The summed E-state index contributed by atoms with van der Waals surface area (Å²) in [6.45, 7) is 2.00. The van der Waals surface area contributed by atoms with Crippen molar-refractivity contribution in [1.29, 1.82) is 0 Å². The largest absolute Gasteiger partial charge is 0.494 e. The Balaban J connectivity index is 2.03. The molecule has 1 nitrogen and oxygen atoms in total. The molecule has 0 radical (unpaired) electrons. The maximum Gasteiger partial charge on any atom is 0.168 e. The van der Waals surface area contributed by atoms with Crippen molar-refractivity contribution in [3.63, 3.8) is 0 Å². The molecule has 0 spiro atoms. The summed E-state index contributed by atoms with van der Waals surface area (Å²) in [5.41, 5.74) is 3.96. The third-order valence-corrected chi connectivity index (χ3v) is 4.23. The van der Waals surface area contributed by atoms with Crippen molar-refractivity contribution >= 4 is 11.6 Å². The summed E-state index contributed by atoms with van der Waals surface area (Å²) in [4.78, 5) is 0. The SMILES string of the molecule is CCc1ccc(C2=Cc3ccc(OC)c(F)c3CC2)c(F)c1. The van der Waals surface area contributed by atoms with Gasteiger partial charge in [0, 0.05) is 5.56 Å². The minimum absolute atomic E-state index is 0.206. The van der Waals surface area contributed by atoms with Crippen LogP contribution in [0, 0.1) is 11.6 Å². The van der Waals surface area contributed by atoms with Crippen LogP contribution in [0.25, 0.3) is 11.6 Å². The van der Waals surface area contributed by atoms with E-state index in [4.69, 9.17) is 4.74 Å². The van der Waals surface area contributed by atoms with Crippen LogP contribution in [0.4, 0.5) is 8.78 Å². The second-order valence-corrected chi connectivity index (χ2v) is 5.49. The highest BCUT2D eigenvalue weighted by molar-refractivity contribution is 5.85. The quantitative estimate of drug-likeness (QED) is 0.773. The van der Waals surface area contributed by atoms with Gasteiger partial charge in [0.05, 0.1) is 7.11 Å². The van der Waals surface area contributed by atoms with E-state index in [2.05, 4.69) is 0 Å². The van der Waals surface area contributed by atoms with Crippen molar-refractivity contribution in [1.82, 2.24) is 0 Å². The first-order valence-electron chi connectivity index (χ1n) is 7.48. The summed E-state index contributed by atoms with van der Waals surface area (Å²) >= 11 is 0. The lowest BCUT2D eigenvalue weighted by Crippen LogP contribution is -2.05. The van der Waals surface area contributed by atoms with Gasteiger partial charge in [0.25, 0.3) is 0 Å². The molecule has 3 heteroatoms. The Morgan fingerprint density at radius 2 is 1.91 bits per heavy atom. The second-order valence-electron chi connectivity index (χ2n) is 5.49. The van der Waals surface area contributed by atoms with Gasteiger partial charge in [-0.25, -0.2) is 8.78 Å². The summed E-state index contributed by atoms with van der Waals surface area (Å²) in [5.74, 6) is -0.255. The first-order chi connectivity index (χ1) is 10.6. The molecule has 0 bridgehead atoms. The molecule has 0 saturated carbocycles. The van der Waals surface area contributed by atoms with Crippen molar-refractivity contribution in [3.05, 3.63) is 64.2 Å². The molecule has 0 unspecified atom stereocenters. The van der Waals surface area contributed by atoms with Gasteiger partial charge in [-0.2, -0.15) is 0 Å². The molecule has 0 amide bonds. The van der Waals surface area contributed by atoms with E-state index in [9.17, 15) is 8.78 Å². The number of allylic oxidation sites excluding steroid dienone is 1. The second kappa shape index (κ2) is 5.91. The van der Waals surface area contributed by atoms with Crippen LogP contribution in [-0.2, 0) is 12.8 Å². The lowest BCUT2D eigenvalue weighted by Gasteiger charge is -2.19. The Morgan fingerprint density at radius 1 is 1.09 bits per heavy atom. The van der Waals surface area contributed by atoms with Crippen LogP contribution in [-0.4, -0.2) is 7.11 Å². The third kappa shape index (κ3) is 2.52. The first kappa shape index (κ1) is 14.8. The van der Waals surface area contributed by atoms with Gasteiger partial charge in [0.15, 0.2) is 11.6 Å². The number of methoxy groups -OCH3 is 1. The highest BCUT2D eigenvalue weighted by atomic mass is 19.1. The van der Waals surface area contributed by atoms with E-state index in [0.29, 0.717) is 24.0 Å². The molecule has 2 aromatic rings. The van der Waals surface area contributed by atoms with Gasteiger partial charge in [-0.05, 0) is 53.7 Å². The van der Waals surface area contributed by atoms with Crippen molar-refractivity contribution in [2.24, 2.45) is 0 Å². The van der Waals surface area contributed by atoms with E-state index in [1.165, 1.54) is 7.11 Å². The number of benzene rings is 2. The average molecular weight is 300 g/mol. The summed E-state index contributed by atoms with van der Waals surface area (Å²) < 4.78 is 33.5. The van der Waals surface area contributed by atoms with Crippen LogP contribution in [0.15, 0.2) is 30.3 Å². The Hall–Kier alpha value is -2.16. The zero-order valence-electron chi connectivity index (χ0n) is 12.7. The molecule has 0 aliphatic heterocycles. The van der Waals surface area contributed by atoms with Gasteiger partial charge in [-0.1, -0.05) is 31.2 Å². The maximum atomic E-state index is 14.3. The van der Waals surface area contributed by atoms with Gasteiger partial charge >= 0.3 is 0 Å². The predicted molar refractivity (Wildman–Crippen MR) is 84.9 cm³/mol. The highest BCUT2D eigenvalue weighted by Crippen LogP contribution is 2.35. The zero-order valence-corrected chi connectivity index (χ0v) is 12.7. The summed E-state index contributed by atoms with van der Waals surface area (Å²) in [5, 5.41) is 0. The van der Waals surface area contributed by atoms with Crippen LogP contribution >= 0.6 is 0 Å². The fourth-order valence-corrected chi connectivity index (χ4v) is 2.93. The number of ether oxygens (including phenoxy) is 1. The highest BCUT2D eigenvalue weighted by Gasteiger charge is 2.19. The monoisotopic (exact) mass is 300 g/mol. The molecule has 1 aliphatic carbocycles. The summed E-state index contributed by atoms with van der Waals surface area (Å²) in [6.07, 6.45) is 3.87. The number of hydrogen-bond acceptors (Lipinski definition) is 1. The van der Waals surface area contributed by atoms with E-state index in [-0.39, 0.29) is 17.4 Å². The van der Waals surface area contributed by atoms with Crippen LogP contribution < -0.4 is 4.74 Å². The minimum atomic E-state index is -0.308. The Kier molecular flexibility index (Phi) is 3.97. The van der Waals surface area contributed by atoms with Gasteiger partial charge in [0.1, 0.15) is 5.82 Å². The third-order valence-electron chi connectivity index (χ3n) is 4.23. The Morgan fingerprint density at radius 3 is 2.59 bits per heavy atom. The number of halogens is 2. The number of hydrogen-bond donors (Lipinski definition) is 0. The van der Waals surface area contributed by atoms with E-state index >= 15 is 0 Å². The molecule has 0 atom stereocenters. The number of aryl methyl sites for hydroxylation is 1. The molecule has 1 aliphatic rings. The lowest BCUT2D eigenvalue weighted by molar-refractivity contribution is 0.384. The molecular weight excluding hydrogens is 282 g/mol. The van der Waals surface area contributed by atoms with E-state index in [1.807, 2.05) is 31.2 Å². The standard InChI is InChI=1S/C19H18F2O/c1-3-12-4-7-15(17(20)10-12)13-5-8-16-14(11-13)6-9-18(22-2)19(16)21/h4,6-7,9-11H,3,5,8H2,1-2H3. The fraction of sp³-hybridized carbons (Fsp3) is 0.263. The zero-order chi connectivity index (χ0) is 15.7. The van der Waals surface area contributed by atoms with Gasteiger partial charge in [-0.15, -0.1) is 0 Å². The molecule has 0 fully saturated rings. The fourth-order valence-electron chi connectivity index (χ4n) is 2.93. The normalized spacial score (nSPS) is 13.5. The topological polar surface area (TPSA) is 9.23 Å². The Bertz CT molecular complexity index is 747. The van der Waals surface area contributed by atoms with Gasteiger partial charge < -0.3 is 4.74 Å². The first-order valence-corrected chi connectivity index (χ1v) is 7.48. The molecule has 0 saturated heterocycles. The van der Waals surface area contributed by atoms with Gasteiger partial charge in [0.2, 0.25) is 0 Å². The average Bonchev–Trinajstić information content (AvgIpc) is 2.54. The molecule has 3 rings (SSSR count). The molecule has 0 aromatic heterocycles. The molecule has 0 heterocycles. The molecule has 22 heavy (non-hydrogen) atoms. The number of fused-ring (bicyclic) bond motifs is 1. The van der Waals surface area contributed by atoms with Crippen LogP contribution in [0.1, 0.15) is 35.6 Å². The molecule has 0 N–H and O–H groups in total. The number of rotatable bonds is 3. The van der Waals surface area contributed by atoms with Gasteiger partial charge in [-0.3, -0.25) is 0 Å². The van der Waals surface area contributed by atoms with Crippen molar-refractivity contribution in [3.8, 4) is 5.75 Å². The van der Waals surface area contributed by atoms with Crippen LogP contribution in [0.3, 0.4) is 0 Å².